The summed E-state index contributed by atoms with van der Waals surface area (Å²) in [7, 11) is 0. The number of carbonyl (C=O) groups is 1. The molecule has 1 aromatic carbocycles. The predicted molar refractivity (Wildman–Crippen MR) is 88.6 cm³/mol. The SMILES string of the molecule is CC(C)CC(=O)Cc1nonc1/C(Cc1ccc(F)c(Br)c1)=N/O. The molecule has 0 aliphatic carbocycles. The molecule has 128 valence electrons. The van der Waals surface area contributed by atoms with Gasteiger partial charge < -0.3 is 5.21 Å². The lowest BCUT2D eigenvalue weighted by molar-refractivity contribution is -0.119. The van der Waals surface area contributed by atoms with Crippen LogP contribution in [0.1, 0.15) is 37.2 Å². The van der Waals surface area contributed by atoms with E-state index in [1.165, 1.54) is 6.07 Å². The number of aromatic nitrogens is 2. The average Bonchev–Trinajstić information content (AvgIpc) is 2.95. The van der Waals surface area contributed by atoms with Crippen LogP contribution in [0.25, 0.3) is 0 Å². The fourth-order valence-electron chi connectivity index (χ4n) is 2.27. The van der Waals surface area contributed by atoms with Crippen molar-refractivity contribution in [2.75, 3.05) is 0 Å². The van der Waals surface area contributed by atoms with E-state index in [4.69, 9.17) is 4.63 Å². The van der Waals surface area contributed by atoms with Gasteiger partial charge in [-0.05, 0) is 44.7 Å². The maximum atomic E-state index is 13.3. The molecule has 0 spiro atoms. The summed E-state index contributed by atoms with van der Waals surface area (Å²) in [4.78, 5) is 12.0. The molecule has 0 radical (unpaired) electrons. The Labute approximate surface area is 146 Å². The molecule has 24 heavy (non-hydrogen) atoms. The van der Waals surface area contributed by atoms with Crippen LogP contribution in [0.4, 0.5) is 4.39 Å². The molecule has 0 bridgehead atoms. The van der Waals surface area contributed by atoms with Gasteiger partial charge in [0.1, 0.15) is 23.0 Å². The Balaban J connectivity index is 2.18. The van der Waals surface area contributed by atoms with Crippen molar-refractivity contribution in [1.82, 2.24) is 10.3 Å². The van der Waals surface area contributed by atoms with Crippen LogP contribution in [-0.2, 0) is 17.6 Å². The maximum Gasteiger partial charge on any atom is 0.156 e. The molecule has 0 atom stereocenters. The minimum Gasteiger partial charge on any atom is -0.411 e. The Hall–Kier alpha value is -2.09. The van der Waals surface area contributed by atoms with Crippen LogP contribution in [0.2, 0.25) is 0 Å². The fraction of sp³-hybridized carbons (Fsp3) is 0.375. The van der Waals surface area contributed by atoms with Crippen LogP contribution in [0.3, 0.4) is 0 Å². The highest BCUT2D eigenvalue weighted by atomic mass is 79.9. The van der Waals surface area contributed by atoms with Gasteiger partial charge in [0, 0.05) is 12.8 Å². The van der Waals surface area contributed by atoms with Crippen molar-refractivity contribution in [2.24, 2.45) is 11.1 Å². The van der Waals surface area contributed by atoms with Crippen molar-refractivity contribution in [2.45, 2.75) is 33.1 Å². The summed E-state index contributed by atoms with van der Waals surface area (Å²) in [6.07, 6.45) is 0.668. The number of Topliss-reactive ketones (excluding diaryl/α,β-unsaturated/α-hetero) is 1. The number of rotatable bonds is 7. The Bertz CT molecular complexity index is 759. The Morgan fingerprint density at radius 1 is 1.38 bits per heavy atom. The second-order valence-corrected chi connectivity index (χ2v) is 6.70. The van der Waals surface area contributed by atoms with Crippen LogP contribution in [0.5, 0.6) is 0 Å². The number of carbonyl (C=O) groups excluding carboxylic acids is 1. The van der Waals surface area contributed by atoms with E-state index in [1.54, 1.807) is 12.1 Å². The van der Waals surface area contributed by atoms with Crippen LogP contribution >= 0.6 is 15.9 Å². The van der Waals surface area contributed by atoms with Crippen LogP contribution < -0.4 is 0 Å². The number of hydrogen-bond acceptors (Lipinski definition) is 6. The van der Waals surface area contributed by atoms with Crippen molar-refractivity contribution < 1.29 is 19.0 Å². The van der Waals surface area contributed by atoms with Crippen molar-refractivity contribution in [3.8, 4) is 0 Å². The molecule has 1 N–H and O–H groups in total. The Morgan fingerprint density at radius 3 is 2.75 bits per heavy atom. The highest BCUT2D eigenvalue weighted by molar-refractivity contribution is 9.10. The van der Waals surface area contributed by atoms with Gasteiger partial charge in [0.15, 0.2) is 5.69 Å². The number of oxime groups is 1. The third kappa shape index (κ3) is 4.70. The van der Waals surface area contributed by atoms with Crippen molar-refractivity contribution >= 4 is 27.4 Å². The predicted octanol–water partition coefficient (Wildman–Crippen LogP) is 3.55. The molecule has 0 amide bonds. The van der Waals surface area contributed by atoms with E-state index in [2.05, 4.69) is 31.4 Å². The maximum absolute atomic E-state index is 13.3. The molecule has 0 aliphatic heterocycles. The van der Waals surface area contributed by atoms with Crippen LogP contribution in [0, 0.1) is 11.7 Å². The topological polar surface area (TPSA) is 88.6 Å². The summed E-state index contributed by atoms with van der Waals surface area (Å²) in [5.41, 5.74) is 1.46. The van der Waals surface area contributed by atoms with Gasteiger partial charge in [-0.15, -0.1) is 0 Å². The zero-order valence-corrected chi connectivity index (χ0v) is 14.9. The van der Waals surface area contributed by atoms with E-state index in [0.717, 1.165) is 0 Å². The second kappa shape index (κ2) is 8.14. The second-order valence-electron chi connectivity index (χ2n) is 5.84. The summed E-state index contributed by atoms with van der Waals surface area (Å²) in [6, 6.07) is 4.46. The summed E-state index contributed by atoms with van der Waals surface area (Å²) < 4.78 is 18.3. The molecule has 8 heteroatoms. The zero-order chi connectivity index (χ0) is 17.7. The minimum atomic E-state index is -0.385. The lowest BCUT2D eigenvalue weighted by Crippen LogP contribution is -2.13. The van der Waals surface area contributed by atoms with Crippen molar-refractivity contribution in [1.29, 1.82) is 0 Å². The van der Waals surface area contributed by atoms with Gasteiger partial charge in [-0.2, -0.15) is 0 Å². The van der Waals surface area contributed by atoms with Gasteiger partial charge in [0.25, 0.3) is 0 Å². The monoisotopic (exact) mass is 397 g/mol. The van der Waals surface area contributed by atoms with E-state index in [9.17, 15) is 14.4 Å². The Kier molecular flexibility index (Phi) is 6.19. The third-order valence-corrected chi connectivity index (χ3v) is 3.91. The summed E-state index contributed by atoms with van der Waals surface area (Å²) >= 11 is 3.11. The molecule has 0 saturated carbocycles. The molecule has 0 aliphatic rings. The van der Waals surface area contributed by atoms with Gasteiger partial charge in [-0.1, -0.05) is 30.2 Å². The van der Waals surface area contributed by atoms with Crippen molar-refractivity contribution in [3.05, 3.63) is 45.4 Å². The molecule has 6 nitrogen and oxygen atoms in total. The van der Waals surface area contributed by atoms with Gasteiger partial charge in [0.2, 0.25) is 0 Å². The van der Waals surface area contributed by atoms with Crippen LogP contribution in [-0.4, -0.2) is 27.0 Å². The quantitative estimate of drug-likeness (QED) is 0.438. The van der Waals surface area contributed by atoms with Gasteiger partial charge in [0.05, 0.1) is 10.9 Å². The summed E-state index contributed by atoms with van der Waals surface area (Å²) in [6.45, 7) is 3.90. The standard InChI is InChI=1S/C16H17BrFN3O3/c1-9(2)5-11(22)8-15-16(21-24-20-15)14(19-23)7-10-3-4-13(18)12(17)6-10/h3-4,6,9,23H,5,7-8H2,1-2H3/b19-14+. The lowest BCUT2D eigenvalue weighted by atomic mass is 10.0. The van der Waals surface area contributed by atoms with Gasteiger partial charge in [-0.3, -0.25) is 4.79 Å². The number of hydrogen-bond donors (Lipinski definition) is 1. The first kappa shape index (κ1) is 18.3. The average molecular weight is 398 g/mol. The first-order chi connectivity index (χ1) is 11.4. The Morgan fingerprint density at radius 2 is 2.12 bits per heavy atom. The molecular weight excluding hydrogens is 381 g/mol. The first-order valence-corrected chi connectivity index (χ1v) is 8.18. The fourth-order valence-corrected chi connectivity index (χ4v) is 2.69. The van der Waals surface area contributed by atoms with E-state index >= 15 is 0 Å². The molecule has 0 saturated heterocycles. The third-order valence-electron chi connectivity index (χ3n) is 3.31. The highest BCUT2D eigenvalue weighted by Crippen LogP contribution is 2.19. The summed E-state index contributed by atoms with van der Waals surface area (Å²) in [5, 5.41) is 20.0. The van der Waals surface area contributed by atoms with Crippen molar-refractivity contribution in [3.63, 3.8) is 0 Å². The van der Waals surface area contributed by atoms with Crippen LogP contribution in [0.15, 0.2) is 32.5 Å². The largest absolute Gasteiger partial charge is 0.411 e. The lowest BCUT2D eigenvalue weighted by Gasteiger charge is -2.05. The van der Waals surface area contributed by atoms with Gasteiger partial charge in [-0.25, -0.2) is 9.02 Å². The minimum absolute atomic E-state index is 0.00349. The van der Waals surface area contributed by atoms with Gasteiger partial charge >= 0.3 is 0 Å². The molecule has 2 aromatic rings. The normalized spacial score (nSPS) is 12.0. The smallest absolute Gasteiger partial charge is 0.156 e. The first-order valence-electron chi connectivity index (χ1n) is 7.39. The molecule has 2 rings (SSSR count). The van der Waals surface area contributed by atoms with E-state index < -0.39 is 0 Å². The molecule has 0 unspecified atom stereocenters. The number of ketones is 1. The van der Waals surface area contributed by atoms with E-state index in [0.29, 0.717) is 22.2 Å². The van der Waals surface area contributed by atoms with E-state index in [1.807, 2.05) is 13.8 Å². The zero-order valence-electron chi connectivity index (χ0n) is 13.3. The molecule has 1 aromatic heterocycles. The highest BCUT2D eigenvalue weighted by Gasteiger charge is 2.20. The number of nitrogens with zero attached hydrogens (tertiary/aromatic N) is 3. The summed E-state index contributed by atoms with van der Waals surface area (Å²) in [5.74, 6) is -0.142. The number of halogens is 2. The molecule has 1 heterocycles. The van der Waals surface area contributed by atoms with E-state index in [-0.39, 0.29) is 41.8 Å². The molecule has 0 fully saturated rings. The number of benzene rings is 1. The molecular formula is C16H17BrFN3O3.